The van der Waals surface area contributed by atoms with Crippen molar-refractivity contribution in [2.75, 3.05) is 18.4 Å². The van der Waals surface area contributed by atoms with Crippen molar-refractivity contribution in [3.8, 4) is 0 Å². The molecule has 3 rings (SSSR count). The van der Waals surface area contributed by atoms with E-state index in [0.717, 1.165) is 12.8 Å². The van der Waals surface area contributed by atoms with Gasteiger partial charge in [0.1, 0.15) is 0 Å². The fourth-order valence-corrected chi connectivity index (χ4v) is 3.05. The summed E-state index contributed by atoms with van der Waals surface area (Å²) in [5, 5.41) is 3.17. The van der Waals surface area contributed by atoms with Crippen molar-refractivity contribution in [1.82, 2.24) is 4.90 Å². The van der Waals surface area contributed by atoms with Crippen LogP contribution in [0, 0.1) is 0 Å². The predicted octanol–water partition coefficient (Wildman–Crippen LogP) is 2.93. The van der Waals surface area contributed by atoms with Crippen molar-refractivity contribution in [3.05, 3.63) is 64.2 Å². The highest BCUT2D eigenvalue weighted by Gasteiger charge is 2.23. The zero-order valence-corrected chi connectivity index (χ0v) is 14.8. The second-order valence-corrected chi connectivity index (χ2v) is 6.52. The maximum Gasteiger partial charge on any atom is 0.256 e. The summed E-state index contributed by atoms with van der Waals surface area (Å²) in [6, 6.07) is 10.8. The van der Waals surface area contributed by atoms with E-state index in [0.29, 0.717) is 40.5 Å². The van der Waals surface area contributed by atoms with Gasteiger partial charge >= 0.3 is 0 Å². The molecule has 3 N–H and O–H groups in total. The molecule has 0 spiro atoms. The standard InChI is InChI=1S/C19H18ClN3O3/c20-14-7-8-16(15(11-14)19(26)23-9-1-2-10-23)22-18(25)13-5-3-12(4-6-13)17(21)24/h3-8,11H,1-2,9-10H2,(H2,21,24)(H,22,25). The quantitative estimate of drug-likeness (QED) is 0.865. The SMILES string of the molecule is NC(=O)c1ccc(C(=O)Nc2ccc(Cl)cc2C(=O)N2CCCC2)cc1. The molecule has 26 heavy (non-hydrogen) atoms. The lowest BCUT2D eigenvalue weighted by molar-refractivity contribution is 0.0793. The van der Waals surface area contributed by atoms with Gasteiger partial charge in [-0.1, -0.05) is 11.6 Å². The number of halogens is 1. The molecule has 2 aromatic carbocycles. The topological polar surface area (TPSA) is 92.5 Å². The number of amides is 3. The van der Waals surface area contributed by atoms with Crippen LogP contribution in [0.25, 0.3) is 0 Å². The van der Waals surface area contributed by atoms with Crippen molar-refractivity contribution in [2.24, 2.45) is 5.73 Å². The highest BCUT2D eigenvalue weighted by molar-refractivity contribution is 6.31. The van der Waals surface area contributed by atoms with Crippen molar-refractivity contribution < 1.29 is 14.4 Å². The fraction of sp³-hybridized carbons (Fsp3) is 0.211. The molecule has 1 saturated heterocycles. The van der Waals surface area contributed by atoms with Gasteiger partial charge in [0.25, 0.3) is 11.8 Å². The Morgan fingerprint density at radius 3 is 2.19 bits per heavy atom. The molecule has 2 aromatic rings. The van der Waals surface area contributed by atoms with Gasteiger partial charge in [0.15, 0.2) is 0 Å². The summed E-state index contributed by atoms with van der Waals surface area (Å²) in [5.74, 6) is -1.10. The van der Waals surface area contributed by atoms with E-state index in [9.17, 15) is 14.4 Å². The molecule has 1 heterocycles. The average molecular weight is 372 g/mol. The number of primary amides is 1. The van der Waals surface area contributed by atoms with Gasteiger partial charge in [0, 0.05) is 29.2 Å². The first-order valence-corrected chi connectivity index (χ1v) is 8.63. The predicted molar refractivity (Wildman–Crippen MR) is 99.5 cm³/mol. The number of nitrogens with two attached hydrogens (primary N) is 1. The molecule has 1 aliphatic heterocycles. The maximum atomic E-state index is 12.7. The molecule has 3 amide bonds. The van der Waals surface area contributed by atoms with Crippen LogP contribution in [-0.4, -0.2) is 35.7 Å². The van der Waals surface area contributed by atoms with Crippen molar-refractivity contribution in [3.63, 3.8) is 0 Å². The van der Waals surface area contributed by atoms with Gasteiger partial charge in [-0.3, -0.25) is 14.4 Å². The summed E-state index contributed by atoms with van der Waals surface area (Å²) in [4.78, 5) is 38.1. The largest absolute Gasteiger partial charge is 0.366 e. The van der Waals surface area contributed by atoms with Crippen molar-refractivity contribution in [2.45, 2.75) is 12.8 Å². The van der Waals surface area contributed by atoms with Gasteiger partial charge in [-0.25, -0.2) is 0 Å². The summed E-state index contributed by atoms with van der Waals surface area (Å²) in [5.41, 5.74) is 6.63. The van der Waals surface area contributed by atoms with Crippen molar-refractivity contribution >= 4 is 35.0 Å². The van der Waals surface area contributed by atoms with E-state index in [1.807, 2.05) is 0 Å². The number of nitrogens with zero attached hydrogens (tertiary/aromatic N) is 1. The van der Waals surface area contributed by atoms with Crippen LogP contribution in [0.1, 0.15) is 43.9 Å². The Bertz CT molecular complexity index is 859. The Hall–Kier alpha value is -2.86. The van der Waals surface area contributed by atoms with E-state index in [-0.39, 0.29) is 11.8 Å². The second-order valence-electron chi connectivity index (χ2n) is 6.08. The Morgan fingerprint density at radius 2 is 1.58 bits per heavy atom. The third-order valence-electron chi connectivity index (χ3n) is 4.29. The smallest absolute Gasteiger partial charge is 0.256 e. The number of rotatable bonds is 4. The number of carbonyl (C=O) groups is 3. The molecular formula is C19H18ClN3O3. The molecule has 134 valence electrons. The summed E-state index contributed by atoms with van der Waals surface area (Å²) in [7, 11) is 0. The van der Waals surface area contributed by atoms with Crippen LogP contribution in [0.4, 0.5) is 5.69 Å². The first kappa shape index (κ1) is 17.9. The van der Waals surface area contributed by atoms with Crippen LogP contribution in [0.15, 0.2) is 42.5 Å². The van der Waals surface area contributed by atoms with Crippen LogP contribution in [0.3, 0.4) is 0 Å². The number of benzene rings is 2. The highest BCUT2D eigenvalue weighted by atomic mass is 35.5. The van der Waals surface area contributed by atoms with Gasteiger partial charge in [-0.15, -0.1) is 0 Å². The van der Waals surface area contributed by atoms with E-state index < -0.39 is 5.91 Å². The number of anilines is 1. The third-order valence-corrected chi connectivity index (χ3v) is 4.52. The Morgan fingerprint density at radius 1 is 0.962 bits per heavy atom. The van der Waals surface area contributed by atoms with E-state index in [1.165, 1.54) is 24.3 Å². The maximum absolute atomic E-state index is 12.7. The number of hydrogen-bond donors (Lipinski definition) is 2. The molecule has 0 unspecified atom stereocenters. The third kappa shape index (κ3) is 3.86. The molecule has 0 radical (unpaired) electrons. The highest BCUT2D eigenvalue weighted by Crippen LogP contribution is 2.24. The van der Waals surface area contributed by atoms with E-state index in [2.05, 4.69) is 5.32 Å². The lowest BCUT2D eigenvalue weighted by Crippen LogP contribution is -2.28. The molecule has 0 bridgehead atoms. The van der Waals surface area contributed by atoms with Crippen LogP contribution in [0.2, 0.25) is 5.02 Å². The lowest BCUT2D eigenvalue weighted by Gasteiger charge is -2.18. The van der Waals surface area contributed by atoms with E-state index in [1.54, 1.807) is 23.1 Å². The normalized spacial score (nSPS) is 13.5. The molecule has 0 saturated carbocycles. The Labute approximate surface area is 155 Å². The molecule has 7 heteroatoms. The number of likely N-dealkylation sites (tertiary alicyclic amines) is 1. The molecule has 1 fully saturated rings. The lowest BCUT2D eigenvalue weighted by atomic mass is 10.1. The molecule has 6 nitrogen and oxygen atoms in total. The van der Waals surface area contributed by atoms with Gasteiger partial charge in [-0.05, 0) is 55.3 Å². The second kappa shape index (κ2) is 7.58. The molecule has 0 aliphatic carbocycles. The minimum Gasteiger partial charge on any atom is -0.366 e. The number of nitrogens with one attached hydrogen (secondary N) is 1. The molecule has 0 aromatic heterocycles. The molecule has 1 aliphatic rings. The summed E-state index contributed by atoms with van der Waals surface area (Å²) < 4.78 is 0. The van der Waals surface area contributed by atoms with Gasteiger partial charge in [-0.2, -0.15) is 0 Å². The monoisotopic (exact) mass is 371 g/mol. The Balaban J connectivity index is 1.83. The molecule has 0 atom stereocenters. The molecular weight excluding hydrogens is 354 g/mol. The first-order valence-electron chi connectivity index (χ1n) is 8.26. The zero-order chi connectivity index (χ0) is 18.7. The first-order chi connectivity index (χ1) is 12.5. The van der Waals surface area contributed by atoms with Gasteiger partial charge < -0.3 is 16.0 Å². The minimum atomic E-state index is -0.562. The summed E-state index contributed by atoms with van der Waals surface area (Å²) >= 11 is 6.04. The van der Waals surface area contributed by atoms with Crippen LogP contribution < -0.4 is 11.1 Å². The van der Waals surface area contributed by atoms with Crippen LogP contribution >= 0.6 is 11.6 Å². The van der Waals surface area contributed by atoms with E-state index >= 15 is 0 Å². The number of carbonyl (C=O) groups excluding carboxylic acids is 3. The zero-order valence-electron chi connectivity index (χ0n) is 14.0. The van der Waals surface area contributed by atoms with Gasteiger partial charge in [0.2, 0.25) is 5.91 Å². The van der Waals surface area contributed by atoms with Gasteiger partial charge in [0.05, 0.1) is 11.3 Å². The fourth-order valence-electron chi connectivity index (χ4n) is 2.87. The van der Waals surface area contributed by atoms with Crippen molar-refractivity contribution in [1.29, 1.82) is 0 Å². The van der Waals surface area contributed by atoms with E-state index in [4.69, 9.17) is 17.3 Å². The Kier molecular flexibility index (Phi) is 5.23. The average Bonchev–Trinajstić information content (AvgIpc) is 3.17. The van der Waals surface area contributed by atoms with Crippen LogP contribution in [-0.2, 0) is 0 Å². The van der Waals surface area contributed by atoms with Crippen LogP contribution in [0.5, 0.6) is 0 Å². The minimum absolute atomic E-state index is 0.149. The number of hydrogen-bond acceptors (Lipinski definition) is 3. The summed E-state index contributed by atoms with van der Waals surface area (Å²) in [6.07, 6.45) is 1.94. The summed E-state index contributed by atoms with van der Waals surface area (Å²) in [6.45, 7) is 1.40.